The van der Waals surface area contributed by atoms with E-state index in [1.165, 1.54) is 30.4 Å². The second-order valence-electron chi connectivity index (χ2n) is 7.47. The van der Waals surface area contributed by atoms with Crippen molar-refractivity contribution in [1.29, 1.82) is 0 Å². The highest BCUT2D eigenvalue weighted by atomic mass is 16.1. The third kappa shape index (κ3) is 4.30. The number of rotatable bonds is 5. The van der Waals surface area contributed by atoms with E-state index in [9.17, 15) is 4.79 Å². The zero-order valence-electron chi connectivity index (χ0n) is 15.9. The molecule has 0 saturated carbocycles. The summed E-state index contributed by atoms with van der Waals surface area (Å²) in [6.45, 7) is 5.54. The molecule has 0 radical (unpaired) electrons. The Labute approximate surface area is 161 Å². The molecule has 5 nitrogen and oxygen atoms in total. The molecule has 1 aromatic carbocycles. The number of carbonyl (C=O) groups excluding carboxylic acids is 1. The Morgan fingerprint density at radius 3 is 2.67 bits per heavy atom. The first-order chi connectivity index (χ1) is 13.3. The van der Waals surface area contributed by atoms with Crippen LogP contribution in [0.15, 0.2) is 42.6 Å². The maximum Gasteiger partial charge on any atom is 0.255 e. The minimum atomic E-state index is -0.0129. The molecule has 142 valence electrons. The van der Waals surface area contributed by atoms with Crippen LogP contribution in [0.1, 0.15) is 40.7 Å². The van der Waals surface area contributed by atoms with Crippen LogP contribution in [0.2, 0.25) is 0 Å². The topological polar surface area (TPSA) is 48.5 Å². The number of nitrogens with zero attached hydrogens (tertiary/aromatic N) is 3. The minimum Gasteiger partial charge on any atom is -0.356 e. The van der Waals surface area contributed by atoms with Crippen LogP contribution < -0.4 is 10.2 Å². The van der Waals surface area contributed by atoms with Gasteiger partial charge in [-0.05, 0) is 48.9 Å². The molecule has 1 amide bonds. The Kier molecular flexibility index (Phi) is 5.68. The quantitative estimate of drug-likeness (QED) is 0.886. The molecule has 1 aromatic heterocycles. The number of hydrogen-bond donors (Lipinski definition) is 1. The number of piperidine rings is 1. The fourth-order valence-corrected chi connectivity index (χ4v) is 4.10. The van der Waals surface area contributed by atoms with Crippen molar-refractivity contribution in [1.82, 2.24) is 15.2 Å². The number of carbonyl (C=O) groups is 1. The molecule has 0 unspecified atom stereocenters. The van der Waals surface area contributed by atoms with Gasteiger partial charge in [-0.2, -0.15) is 0 Å². The monoisotopic (exact) mass is 364 g/mol. The molecule has 5 heteroatoms. The first-order valence-electron chi connectivity index (χ1n) is 10.1. The molecule has 0 spiro atoms. The van der Waals surface area contributed by atoms with Gasteiger partial charge in [0, 0.05) is 45.5 Å². The van der Waals surface area contributed by atoms with Gasteiger partial charge in [-0.3, -0.25) is 9.69 Å². The van der Waals surface area contributed by atoms with Crippen molar-refractivity contribution >= 4 is 11.7 Å². The van der Waals surface area contributed by atoms with Crippen molar-refractivity contribution in [2.45, 2.75) is 32.2 Å². The van der Waals surface area contributed by atoms with E-state index >= 15 is 0 Å². The summed E-state index contributed by atoms with van der Waals surface area (Å²) >= 11 is 0. The van der Waals surface area contributed by atoms with Crippen LogP contribution in [0.3, 0.4) is 0 Å². The third-order valence-electron chi connectivity index (χ3n) is 5.61. The van der Waals surface area contributed by atoms with Crippen LogP contribution in [0.5, 0.6) is 0 Å². The lowest BCUT2D eigenvalue weighted by atomic mass is 10.00. The highest BCUT2D eigenvalue weighted by Gasteiger charge is 2.20. The van der Waals surface area contributed by atoms with E-state index in [2.05, 4.69) is 44.4 Å². The SMILES string of the molecule is O=C(NCCN1CCc2ccccc2C1)c1cccnc1N1CCCCC1. The van der Waals surface area contributed by atoms with Gasteiger partial charge in [0.05, 0.1) is 5.56 Å². The maximum absolute atomic E-state index is 12.8. The van der Waals surface area contributed by atoms with Crippen LogP contribution in [-0.4, -0.2) is 48.5 Å². The molecule has 1 fully saturated rings. The number of pyridine rings is 1. The van der Waals surface area contributed by atoms with Crippen molar-refractivity contribution in [3.05, 3.63) is 59.3 Å². The van der Waals surface area contributed by atoms with Gasteiger partial charge >= 0.3 is 0 Å². The molecule has 2 aliphatic rings. The van der Waals surface area contributed by atoms with E-state index in [4.69, 9.17) is 0 Å². The fraction of sp³-hybridized carbons (Fsp3) is 0.455. The molecule has 0 aliphatic carbocycles. The number of amides is 1. The Morgan fingerprint density at radius 1 is 1.00 bits per heavy atom. The molecule has 1 saturated heterocycles. The standard InChI is InChI=1S/C22H28N4O/c27-22(20-9-6-11-23-21(20)26-13-4-1-5-14-26)24-12-16-25-15-10-18-7-2-3-8-19(18)17-25/h2-3,6-9,11H,1,4-5,10,12-17H2,(H,24,27). The first-order valence-corrected chi connectivity index (χ1v) is 10.1. The van der Waals surface area contributed by atoms with Gasteiger partial charge in [-0.15, -0.1) is 0 Å². The second kappa shape index (κ2) is 8.53. The van der Waals surface area contributed by atoms with Crippen molar-refractivity contribution in [3.63, 3.8) is 0 Å². The van der Waals surface area contributed by atoms with E-state index in [0.717, 1.165) is 45.0 Å². The Morgan fingerprint density at radius 2 is 1.81 bits per heavy atom. The van der Waals surface area contributed by atoms with Gasteiger partial charge in [-0.1, -0.05) is 24.3 Å². The molecular formula is C22H28N4O. The maximum atomic E-state index is 12.8. The van der Waals surface area contributed by atoms with E-state index < -0.39 is 0 Å². The Bertz CT molecular complexity index is 785. The summed E-state index contributed by atoms with van der Waals surface area (Å²) in [6.07, 6.45) is 6.49. The molecule has 2 aliphatic heterocycles. The summed E-state index contributed by atoms with van der Waals surface area (Å²) in [6, 6.07) is 12.4. The number of benzene rings is 1. The molecule has 27 heavy (non-hydrogen) atoms. The van der Waals surface area contributed by atoms with Crippen LogP contribution in [0, 0.1) is 0 Å². The average molecular weight is 364 g/mol. The first kappa shape index (κ1) is 18.0. The largest absolute Gasteiger partial charge is 0.356 e. The lowest BCUT2D eigenvalue weighted by molar-refractivity contribution is 0.0947. The molecule has 3 heterocycles. The van der Waals surface area contributed by atoms with E-state index in [1.54, 1.807) is 6.20 Å². The van der Waals surface area contributed by atoms with Gasteiger partial charge < -0.3 is 10.2 Å². The molecule has 1 N–H and O–H groups in total. The molecular weight excluding hydrogens is 336 g/mol. The van der Waals surface area contributed by atoms with Crippen molar-refractivity contribution < 1.29 is 4.79 Å². The summed E-state index contributed by atoms with van der Waals surface area (Å²) in [5.74, 6) is 0.822. The average Bonchev–Trinajstić information content (AvgIpc) is 2.74. The van der Waals surface area contributed by atoms with E-state index in [0.29, 0.717) is 12.1 Å². The van der Waals surface area contributed by atoms with Crippen LogP contribution in [0.4, 0.5) is 5.82 Å². The number of nitrogens with one attached hydrogen (secondary N) is 1. The summed E-state index contributed by atoms with van der Waals surface area (Å²) in [4.78, 5) is 21.9. The zero-order chi connectivity index (χ0) is 18.5. The fourth-order valence-electron chi connectivity index (χ4n) is 4.10. The smallest absolute Gasteiger partial charge is 0.255 e. The van der Waals surface area contributed by atoms with Gasteiger partial charge in [-0.25, -0.2) is 4.98 Å². The normalized spacial score (nSPS) is 17.4. The van der Waals surface area contributed by atoms with E-state index in [-0.39, 0.29) is 5.91 Å². The van der Waals surface area contributed by atoms with Gasteiger partial charge in [0.1, 0.15) is 5.82 Å². The summed E-state index contributed by atoms with van der Waals surface area (Å²) in [5, 5.41) is 3.10. The second-order valence-corrected chi connectivity index (χ2v) is 7.47. The summed E-state index contributed by atoms with van der Waals surface area (Å²) in [7, 11) is 0. The molecule has 2 aromatic rings. The Balaban J connectivity index is 1.33. The molecule has 4 rings (SSSR count). The van der Waals surface area contributed by atoms with Gasteiger partial charge in [0.15, 0.2) is 0 Å². The Hall–Kier alpha value is -2.40. The lowest BCUT2D eigenvalue weighted by Gasteiger charge is -2.29. The van der Waals surface area contributed by atoms with Crippen molar-refractivity contribution in [2.75, 3.05) is 37.6 Å². The van der Waals surface area contributed by atoms with Crippen LogP contribution in [0.25, 0.3) is 0 Å². The number of aromatic nitrogens is 1. The molecule has 0 bridgehead atoms. The highest BCUT2D eigenvalue weighted by molar-refractivity contribution is 5.98. The van der Waals surface area contributed by atoms with Crippen LogP contribution >= 0.6 is 0 Å². The number of fused-ring (bicyclic) bond motifs is 1. The number of anilines is 1. The van der Waals surface area contributed by atoms with Gasteiger partial charge in [0.2, 0.25) is 0 Å². The predicted octanol–water partition coefficient (Wildman–Crippen LogP) is 2.86. The summed E-state index contributed by atoms with van der Waals surface area (Å²) < 4.78 is 0. The minimum absolute atomic E-state index is 0.0129. The van der Waals surface area contributed by atoms with Crippen LogP contribution in [-0.2, 0) is 13.0 Å². The van der Waals surface area contributed by atoms with Gasteiger partial charge in [0.25, 0.3) is 5.91 Å². The molecule has 0 atom stereocenters. The lowest BCUT2D eigenvalue weighted by Crippen LogP contribution is -2.38. The van der Waals surface area contributed by atoms with E-state index in [1.807, 2.05) is 12.1 Å². The van der Waals surface area contributed by atoms with Crippen molar-refractivity contribution in [2.24, 2.45) is 0 Å². The number of hydrogen-bond acceptors (Lipinski definition) is 4. The van der Waals surface area contributed by atoms with Crippen molar-refractivity contribution in [3.8, 4) is 0 Å². The summed E-state index contributed by atoms with van der Waals surface area (Å²) in [5.41, 5.74) is 3.57. The highest BCUT2D eigenvalue weighted by Crippen LogP contribution is 2.21. The third-order valence-corrected chi connectivity index (χ3v) is 5.61. The zero-order valence-corrected chi connectivity index (χ0v) is 15.9. The predicted molar refractivity (Wildman–Crippen MR) is 108 cm³/mol.